The SMILES string of the molecule is CCCCCCCCCCC/C=C\CCCCCCCCCC(=O)NC(COC1OC(CO)C(O)C(OS(=O)(=O)O)C1O)C(O)CCCCCCCCCCCCCC. The molecule has 7 unspecified atom stereocenters. The Kier molecular flexibility index (Phi) is 35.4. The van der Waals surface area contributed by atoms with Crippen LogP contribution in [0, 0.1) is 0 Å². The number of ether oxygens (including phenoxy) is 2. The molecule has 350 valence electrons. The number of carbonyl (C=O) groups excluding carboxylic acids is 1. The van der Waals surface area contributed by atoms with Gasteiger partial charge in [-0.15, -0.1) is 0 Å². The number of hydrogen-bond donors (Lipinski definition) is 6. The van der Waals surface area contributed by atoms with Gasteiger partial charge >= 0.3 is 10.4 Å². The van der Waals surface area contributed by atoms with Crippen molar-refractivity contribution in [3.05, 3.63) is 12.2 Å². The van der Waals surface area contributed by atoms with Gasteiger partial charge in [-0.2, -0.15) is 8.42 Å². The molecule has 0 saturated carbocycles. The maximum atomic E-state index is 13.0. The van der Waals surface area contributed by atoms with Gasteiger partial charge in [0.15, 0.2) is 6.29 Å². The van der Waals surface area contributed by atoms with Crippen LogP contribution in [-0.4, -0.2) is 95.4 Å². The lowest BCUT2D eigenvalue weighted by Crippen LogP contribution is -2.61. The summed E-state index contributed by atoms with van der Waals surface area (Å²) in [4.78, 5) is 13.0. The Bertz CT molecular complexity index is 1110. The summed E-state index contributed by atoms with van der Waals surface area (Å²) in [5.74, 6) is -0.233. The summed E-state index contributed by atoms with van der Waals surface area (Å²) in [6.45, 7) is 3.44. The molecule has 1 heterocycles. The fourth-order valence-electron chi connectivity index (χ4n) is 7.81. The topological polar surface area (TPSA) is 192 Å². The highest BCUT2D eigenvalue weighted by molar-refractivity contribution is 7.80. The Morgan fingerprint density at radius 3 is 1.53 bits per heavy atom. The summed E-state index contributed by atoms with van der Waals surface area (Å²) < 4.78 is 47.6. The first-order valence-electron chi connectivity index (χ1n) is 24.1. The summed E-state index contributed by atoms with van der Waals surface area (Å²) >= 11 is 0. The zero-order valence-electron chi connectivity index (χ0n) is 37.3. The van der Waals surface area contributed by atoms with Crippen LogP contribution in [0.2, 0.25) is 0 Å². The van der Waals surface area contributed by atoms with Gasteiger partial charge in [0.05, 0.1) is 25.4 Å². The van der Waals surface area contributed by atoms with Crippen molar-refractivity contribution in [3.63, 3.8) is 0 Å². The number of carbonyl (C=O) groups is 1. The summed E-state index contributed by atoms with van der Waals surface area (Å²) in [5.41, 5.74) is 0. The van der Waals surface area contributed by atoms with E-state index in [1.807, 2.05) is 0 Å². The van der Waals surface area contributed by atoms with Gasteiger partial charge in [0.25, 0.3) is 0 Å². The summed E-state index contributed by atoms with van der Waals surface area (Å²) in [6.07, 6.45) is 32.1. The monoisotopic (exact) mass is 864 g/mol. The highest BCUT2D eigenvalue weighted by atomic mass is 32.3. The van der Waals surface area contributed by atoms with E-state index in [2.05, 4.69) is 35.5 Å². The number of hydrogen-bond acceptors (Lipinski definition) is 10. The first-order valence-corrected chi connectivity index (χ1v) is 25.4. The smallest absolute Gasteiger partial charge is 0.394 e. The molecule has 0 radical (unpaired) electrons. The maximum Gasteiger partial charge on any atom is 0.397 e. The molecule has 1 rings (SSSR count). The van der Waals surface area contributed by atoms with Crippen LogP contribution in [0.3, 0.4) is 0 Å². The normalized spacial score (nSPS) is 21.0. The molecule has 0 aromatic rings. The molecular formula is C46H89NO11S. The predicted molar refractivity (Wildman–Crippen MR) is 236 cm³/mol. The molecule has 0 bridgehead atoms. The zero-order chi connectivity index (χ0) is 43.4. The number of nitrogens with one attached hydrogen (secondary N) is 1. The first-order chi connectivity index (χ1) is 28.5. The van der Waals surface area contributed by atoms with Crippen LogP contribution in [0.5, 0.6) is 0 Å². The van der Waals surface area contributed by atoms with Gasteiger partial charge in [-0.05, 0) is 38.5 Å². The van der Waals surface area contributed by atoms with Crippen molar-refractivity contribution in [1.82, 2.24) is 5.32 Å². The van der Waals surface area contributed by atoms with Crippen LogP contribution in [0.4, 0.5) is 0 Å². The Balaban J connectivity index is 2.44. The highest BCUT2D eigenvalue weighted by Crippen LogP contribution is 2.26. The second kappa shape index (κ2) is 37.4. The van der Waals surface area contributed by atoms with Gasteiger partial charge in [0.1, 0.15) is 24.4 Å². The molecule has 1 aliphatic rings. The average Bonchev–Trinajstić information content (AvgIpc) is 3.20. The van der Waals surface area contributed by atoms with Crippen LogP contribution in [0.1, 0.15) is 219 Å². The molecule has 0 aromatic carbocycles. The minimum atomic E-state index is -5.07. The molecule has 6 N–H and O–H groups in total. The molecule has 0 aliphatic carbocycles. The van der Waals surface area contributed by atoms with E-state index in [1.165, 1.54) is 135 Å². The third kappa shape index (κ3) is 30.5. The molecular weight excluding hydrogens is 775 g/mol. The van der Waals surface area contributed by atoms with Crippen LogP contribution in [0.15, 0.2) is 12.2 Å². The average molecular weight is 864 g/mol. The van der Waals surface area contributed by atoms with E-state index < -0.39 is 59.9 Å². The van der Waals surface area contributed by atoms with Crippen LogP contribution in [-0.2, 0) is 28.9 Å². The number of allylic oxidation sites excluding steroid dienone is 2. The van der Waals surface area contributed by atoms with Gasteiger partial charge in [0.2, 0.25) is 5.91 Å². The van der Waals surface area contributed by atoms with Crippen molar-refractivity contribution in [2.75, 3.05) is 13.2 Å². The number of rotatable bonds is 41. The Morgan fingerprint density at radius 1 is 0.661 bits per heavy atom. The second-order valence-electron chi connectivity index (χ2n) is 17.0. The van der Waals surface area contributed by atoms with Crippen molar-refractivity contribution in [3.8, 4) is 0 Å². The van der Waals surface area contributed by atoms with Crippen molar-refractivity contribution in [2.45, 2.75) is 262 Å². The second-order valence-corrected chi connectivity index (χ2v) is 18.1. The van der Waals surface area contributed by atoms with Crippen LogP contribution < -0.4 is 5.32 Å². The van der Waals surface area contributed by atoms with Crippen molar-refractivity contribution in [2.24, 2.45) is 0 Å². The fraction of sp³-hybridized carbons (Fsp3) is 0.935. The molecule has 0 aromatic heterocycles. The van der Waals surface area contributed by atoms with E-state index >= 15 is 0 Å². The van der Waals surface area contributed by atoms with E-state index in [0.717, 1.165) is 51.4 Å². The minimum Gasteiger partial charge on any atom is -0.394 e. The highest BCUT2D eigenvalue weighted by Gasteiger charge is 2.48. The molecule has 1 amide bonds. The molecule has 13 heteroatoms. The fourth-order valence-corrected chi connectivity index (χ4v) is 8.32. The van der Waals surface area contributed by atoms with E-state index in [-0.39, 0.29) is 18.9 Å². The van der Waals surface area contributed by atoms with Gasteiger partial charge in [-0.25, -0.2) is 4.18 Å². The predicted octanol–water partition coefficient (Wildman–Crippen LogP) is 9.55. The lowest BCUT2D eigenvalue weighted by Gasteiger charge is -2.41. The molecule has 1 saturated heterocycles. The first kappa shape index (κ1) is 55.9. The molecule has 59 heavy (non-hydrogen) atoms. The largest absolute Gasteiger partial charge is 0.397 e. The van der Waals surface area contributed by atoms with Gasteiger partial charge in [-0.1, -0.05) is 187 Å². The van der Waals surface area contributed by atoms with Gasteiger partial charge in [0, 0.05) is 6.42 Å². The van der Waals surface area contributed by atoms with Crippen LogP contribution >= 0.6 is 0 Å². The lowest BCUT2D eigenvalue weighted by atomic mass is 9.99. The summed E-state index contributed by atoms with van der Waals surface area (Å²) in [7, 11) is -5.07. The molecule has 7 atom stereocenters. The van der Waals surface area contributed by atoms with E-state index in [1.54, 1.807) is 0 Å². The van der Waals surface area contributed by atoms with Crippen molar-refractivity contribution < 1.29 is 51.8 Å². The Morgan fingerprint density at radius 2 is 1.08 bits per heavy atom. The molecule has 1 fully saturated rings. The Labute approximate surface area is 360 Å². The number of unbranched alkanes of at least 4 members (excludes halogenated alkanes) is 27. The summed E-state index contributed by atoms with van der Waals surface area (Å²) in [6, 6.07) is -0.856. The zero-order valence-corrected chi connectivity index (χ0v) is 38.1. The van der Waals surface area contributed by atoms with E-state index in [4.69, 9.17) is 9.47 Å². The van der Waals surface area contributed by atoms with E-state index in [0.29, 0.717) is 12.8 Å². The number of aliphatic hydroxyl groups is 4. The van der Waals surface area contributed by atoms with Crippen LogP contribution in [0.25, 0.3) is 0 Å². The Hall–Kier alpha value is -1.16. The molecule has 0 spiro atoms. The third-order valence-corrected chi connectivity index (χ3v) is 12.0. The maximum absolute atomic E-state index is 13.0. The lowest BCUT2D eigenvalue weighted by molar-refractivity contribution is -0.298. The van der Waals surface area contributed by atoms with Gasteiger partial charge < -0.3 is 35.2 Å². The summed E-state index contributed by atoms with van der Waals surface area (Å²) in [5, 5.41) is 44.8. The number of aliphatic hydroxyl groups excluding tert-OH is 4. The third-order valence-electron chi connectivity index (χ3n) is 11.6. The quantitative estimate of drug-likeness (QED) is 0.0195. The van der Waals surface area contributed by atoms with Gasteiger partial charge in [-0.3, -0.25) is 9.35 Å². The molecule has 1 aliphatic heterocycles. The van der Waals surface area contributed by atoms with Crippen molar-refractivity contribution >= 4 is 16.3 Å². The van der Waals surface area contributed by atoms with E-state index in [9.17, 15) is 38.2 Å². The minimum absolute atomic E-state index is 0.233. The number of amides is 1. The van der Waals surface area contributed by atoms with Crippen molar-refractivity contribution in [1.29, 1.82) is 0 Å². The standard InChI is InChI=1S/C46H89NO11S/c1-3-5-7-9-11-13-15-17-18-19-20-21-22-23-24-26-28-30-32-34-36-42(50)47-39(40(49)35-33-31-29-27-25-16-14-12-10-8-6-4-2)38-56-46-44(52)45(58-59(53,54)55)43(51)41(37-48)57-46/h20-21,39-41,43-46,48-49,51-52H,3-19,22-38H2,1-2H3,(H,47,50)(H,53,54,55)/b21-20-. The molecule has 12 nitrogen and oxygen atoms in total.